The number of sulfonamides is 1. The van der Waals surface area contributed by atoms with Crippen molar-refractivity contribution in [2.45, 2.75) is 13.0 Å². The zero-order valence-corrected chi connectivity index (χ0v) is 14.0. The molecule has 1 aromatic carbocycles. The molecule has 0 aliphatic heterocycles. The number of nitrogens with one attached hydrogen (secondary N) is 2. The van der Waals surface area contributed by atoms with Crippen molar-refractivity contribution < 1.29 is 27.9 Å². The summed E-state index contributed by atoms with van der Waals surface area (Å²) < 4.78 is 30.7. The fraction of sp³-hybridized carbons (Fsp3) is 0.333. The van der Waals surface area contributed by atoms with Crippen molar-refractivity contribution in [1.82, 2.24) is 5.32 Å². The molecule has 132 valence electrons. The van der Waals surface area contributed by atoms with E-state index in [1.807, 2.05) is 0 Å². The lowest BCUT2D eigenvalue weighted by atomic mass is 10.1. The molecule has 1 atom stereocenters. The molecule has 8 nitrogen and oxygen atoms in total. The van der Waals surface area contributed by atoms with Gasteiger partial charge in [-0.05, 0) is 19.1 Å². The highest BCUT2D eigenvalue weighted by atomic mass is 32.2. The second kappa shape index (κ2) is 9.04. The molecule has 1 aromatic rings. The minimum absolute atomic E-state index is 0.0181. The van der Waals surface area contributed by atoms with Crippen molar-refractivity contribution >= 4 is 27.6 Å². The third-order valence-electron chi connectivity index (χ3n) is 2.94. The van der Waals surface area contributed by atoms with Gasteiger partial charge in [-0.25, -0.2) is 13.2 Å². The Morgan fingerprint density at radius 2 is 2.04 bits per heavy atom. The molecule has 0 saturated heterocycles. The van der Waals surface area contributed by atoms with Gasteiger partial charge in [0.05, 0.1) is 30.2 Å². The Balaban J connectivity index is 2.93. The van der Waals surface area contributed by atoms with Gasteiger partial charge in [0.1, 0.15) is 0 Å². The second-order valence-corrected chi connectivity index (χ2v) is 6.75. The van der Waals surface area contributed by atoms with Gasteiger partial charge in [-0.15, -0.1) is 6.58 Å². The van der Waals surface area contributed by atoms with E-state index in [9.17, 15) is 18.0 Å². The fourth-order valence-electron chi connectivity index (χ4n) is 1.69. The average molecular weight is 356 g/mol. The number of ether oxygens (including phenoxy) is 1. The van der Waals surface area contributed by atoms with Crippen molar-refractivity contribution in [2.24, 2.45) is 0 Å². The summed E-state index contributed by atoms with van der Waals surface area (Å²) in [5.74, 6) is -2.14. The van der Waals surface area contributed by atoms with Crippen LogP contribution in [0.1, 0.15) is 17.3 Å². The van der Waals surface area contributed by atoms with Crippen LogP contribution < -0.4 is 10.0 Å². The number of carbonyl (C=O) groups is 2. The van der Waals surface area contributed by atoms with Gasteiger partial charge in [0.25, 0.3) is 5.91 Å². The van der Waals surface area contributed by atoms with Crippen LogP contribution in [-0.4, -0.2) is 50.4 Å². The SMILES string of the molecule is C=CCOCC(NC(=O)c1ccccc1NS(=O)(=O)CC)C(=O)O. The van der Waals surface area contributed by atoms with Gasteiger partial charge in [-0.2, -0.15) is 0 Å². The summed E-state index contributed by atoms with van der Waals surface area (Å²) in [6.07, 6.45) is 1.45. The summed E-state index contributed by atoms with van der Waals surface area (Å²) in [6.45, 7) is 4.81. The largest absolute Gasteiger partial charge is 0.480 e. The standard InChI is InChI=1S/C15H20N2O6S/c1-3-9-23-10-13(15(19)20)16-14(18)11-7-5-6-8-12(11)17-24(21,22)4-2/h3,5-8,13,17H,1,4,9-10H2,2H3,(H,16,18)(H,19,20). The van der Waals surface area contributed by atoms with E-state index in [0.29, 0.717) is 0 Å². The molecule has 1 unspecified atom stereocenters. The third-order valence-corrected chi connectivity index (χ3v) is 4.23. The minimum atomic E-state index is -3.57. The predicted octanol–water partition coefficient (Wildman–Crippen LogP) is 0.834. The minimum Gasteiger partial charge on any atom is -0.480 e. The van der Waals surface area contributed by atoms with Gasteiger partial charge in [-0.1, -0.05) is 18.2 Å². The molecule has 24 heavy (non-hydrogen) atoms. The van der Waals surface area contributed by atoms with Crippen molar-refractivity contribution in [3.05, 3.63) is 42.5 Å². The van der Waals surface area contributed by atoms with Crippen molar-refractivity contribution in [2.75, 3.05) is 23.7 Å². The molecule has 1 amide bonds. The second-order valence-electron chi connectivity index (χ2n) is 4.74. The smallest absolute Gasteiger partial charge is 0.328 e. The van der Waals surface area contributed by atoms with Gasteiger partial charge in [0, 0.05) is 0 Å². The van der Waals surface area contributed by atoms with Gasteiger partial charge in [0.2, 0.25) is 10.0 Å². The summed E-state index contributed by atoms with van der Waals surface area (Å²) in [5, 5.41) is 11.4. The van der Waals surface area contributed by atoms with Crippen LogP contribution in [0.2, 0.25) is 0 Å². The van der Waals surface area contributed by atoms with Gasteiger partial charge >= 0.3 is 5.97 Å². The number of hydrogen-bond donors (Lipinski definition) is 3. The number of rotatable bonds is 10. The lowest BCUT2D eigenvalue weighted by Gasteiger charge is -2.16. The summed E-state index contributed by atoms with van der Waals surface area (Å²) >= 11 is 0. The first-order chi connectivity index (χ1) is 11.3. The van der Waals surface area contributed by atoms with E-state index in [-0.39, 0.29) is 30.2 Å². The number of para-hydroxylation sites is 1. The molecule has 0 aliphatic rings. The van der Waals surface area contributed by atoms with Gasteiger partial charge < -0.3 is 15.2 Å². The van der Waals surface area contributed by atoms with E-state index in [2.05, 4.69) is 16.6 Å². The zero-order valence-electron chi connectivity index (χ0n) is 13.2. The molecule has 9 heteroatoms. The van der Waals surface area contributed by atoms with E-state index < -0.39 is 27.9 Å². The highest BCUT2D eigenvalue weighted by molar-refractivity contribution is 7.92. The number of carboxylic acid groups (broad SMARTS) is 1. The number of benzene rings is 1. The van der Waals surface area contributed by atoms with E-state index in [1.54, 1.807) is 12.1 Å². The topological polar surface area (TPSA) is 122 Å². The fourth-order valence-corrected chi connectivity index (χ4v) is 2.35. The van der Waals surface area contributed by atoms with Crippen molar-refractivity contribution in [3.63, 3.8) is 0 Å². The van der Waals surface area contributed by atoms with Crippen LogP contribution in [0.25, 0.3) is 0 Å². The van der Waals surface area contributed by atoms with Crippen LogP contribution in [0.5, 0.6) is 0 Å². The van der Waals surface area contributed by atoms with E-state index >= 15 is 0 Å². The third kappa shape index (κ3) is 6.01. The monoisotopic (exact) mass is 356 g/mol. The number of carboxylic acids is 1. The molecule has 0 spiro atoms. The average Bonchev–Trinajstić information content (AvgIpc) is 2.54. The number of carbonyl (C=O) groups excluding carboxylic acids is 1. The molecule has 1 rings (SSSR count). The van der Waals surface area contributed by atoms with Crippen LogP contribution in [0.15, 0.2) is 36.9 Å². The highest BCUT2D eigenvalue weighted by Crippen LogP contribution is 2.17. The van der Waals surface area contributed by atoms with Crippen LogP contribution in [0.4, 0.5) is 5.69 Å². The van der Waals surface area contributed by atoms with E-state index in [4.69, 9.17) is 9.84 Å². The molecule has 0 saturated carbocycles. The lowest BCUT2D eigenvalue weighted by Crippen LogP contribution is -2.44. The Hall–Kier alpha value is -2.39. The zero-order chi connectivity index (χ0) is 18.2. The molecule has 0 aliphatic carbocycles. The molecular weight excluding hydrogens is 336 g/mol. The maximum absolute atomic E-state index is 12.3. The lowest BCUT2D eigenvalue weighted by molar-refractivity contribution is -0.140. The quantitative estimate of drug-likeness (QED) is 0.422. The molecule has 0 bridgehead atoms. The number of hydrogen-bond acceptors (Lipinski definition) is 5. The molecule has 3 N–H and O–H groups in total. The van der Waals surface area contributed by atoms with Crippen LogP contribution in [0.3, 0.4) is 0 Å². The summed E-state index contributed by atoms with van der Waals surface area (Å²) in [7, 11) is -3.57. The molecule has 0 radical (unpaired) electrons. The first-order valence-electron chi connectivity index (χ1n) is 7.12. The normalized spacial score (nSPS) is 12.2. The summed E-state index contributed by atoms with van der Waals surface area (Å²) in [5.41, 5.74) is 0.0949. The van der Waals surface area contributed by atoms with Gasteiger partial charge in [0.15, 0.2) is 6.04 Å². The van der Waals surface area contributed by atoms with Gasteiger partial charge in [-0.3, -0.25) is 9.52 Å². The molecule has 0 aromatic heterocycles. The number of anilines is 1. The van der Waals surface area contributed by atoms with Crippen LogP contribution in [-0.2, 0) is 19.6 Å². The maximum atomic E-state index is 12.3. The summed E-state index contributed by atoms with van der Waals surface area (Å²) in [6, 6.07) is 4.65. The number of aliphatic carboxylic acids is 1. The first kappa shape index (κ1) is 19.7. The van der Waals surface area contributed by atoms with Crippen LogP contribution in [0, 0.1) is 0 Å². The molecule has 0 fully saturated rings. The Morgan fingerprint density at radius 3 is 2.62 bits per heavy atom. The maximum Gasteiger partial charge on any atom is 0.328 e. The number of amides is 1. The summed E-state index contributed by atoms with van der Waals surface area (Å²) in [4.78, 5) is 23.5. The Bertz CT molecular complexity index is 702. The molecular formula is C15H20N2O6S. The van der Waals surface area contributed by atoms with E-state index in [0.717, 1.165) is 0 Å². The van der Waals surface area contributed by atoms with Crippen molar-refractivity contribution in [1.29, 1.82) is 0 Å². The Labute approximate surface area is 140 Å². The van der Waals surface area contributed by atoms with Crippen molar-refractivity contribution in [3.8, 4) is 0 Å². The first-order valence-corrected chi connectivity index (χ1v) is 8.77. The van der Waals surface area contributed by atoms with E-state index in [1.165, 1.54) is 25.1 Å². The Kier molecular flexibility index (Phi) is 7.40. The highest BCUT2D eigenvalue weighted by Gasteiger charge is 2.23. The Morgan fingerprint density at radius 1 is 1.38 bits per heavy atom. The van der Waals surface area contributed by atoms with Crippen LogP contribution >= 0.6 is 0 Å². The molecule has 0 heterocycles. The predicted molar refractivity (Wildman–Crippen MR) is 89.4 cm³/mol.